The van der Waals surface area contributed by atoms with Crippen LogP contribution in [0.1, 0.15) is 24.9 Å². The first-order chi connectivity index (χ1) is 7.81. The average molecular weight is 241 g/mol. The summed E-state index contributed by atoms with van der Waals surface area (Å²) < 4.78 is 5.53. The van der Waals surface area contributed by atoms with E-state index in [1.807, 2.05) is 12.3 Å². The lowest BCUT2D eigenvalue weighted by molar-refractivity contribution is 0.315. The predicted molar refractivity (Wildman–Crippen MR) is 68.5 cm³/mol. The lowest BCUT2D eigenvalue weighted by Crippen LogP contribution is -2.29. The van der Waals surface area contributed by atoms with Gasteiger partial charge in [0.1, 0.15) is 5.75 Å². The summed E-state index contributed by atoms with van der Waals surface area (Å²) in [5.74, 6) is 7.23. The Morgan fingerprint density at radius 1 is 1.56 bits per heavy atom. The first kappa shape index (κ1) is 13.3. The van der Waals surface area contributed by atoms with Crippen LogP contribution >= 0.6 is 11.8 Å². The number of aromatic nitrogens is 1. The summed E-state index contributed by atoms with van der Waals surface area (Å²) in [5.41, 5.74) is 3.85. The molecule has 1 rings (SSSR count). The minimum atomic E-state index is 0.118. The molecule has 90 valence electrons. The van der Waals surface area contributed by atoms with E-state index in [1.54, 1.807) is 18.0 Å². The number of nitrogens with zero attached hydrogens (tertiary/aromatic N) is 1. The monoisotopic (exact) mass is 241 g/mol. The van der Waals surface area contributed by atoms with E-state index in [1.165, 1.54) is 0 Å². The first-order valence-corrected chi connectivity index (χ1v) is 6.74. The van der Waals surface area contributed by atoms with Crippen LogP contribution in [0.4, 0.5) is 0 Å². The Hall–Kier alpha value is -0.780. The Kier molecular flexibility index (Phi) is 6.22. The van der Waals surface area contributed by atoms with E-state index in [0.717, 1.165) is 23.5 Å². The van der Waals surface area contributed by atoms with E-state index in [4.69, 9.17) is 10.6 Å². The molecular weight excluding hydrogens is 222 g/mol. The van der Waals surface area contributed by atoms with E-state index < -0.39 is 0 Å². The molecule has 0 aliphatic heterocycles. The van der Waals surface area contributed by atoms with Crippen molar-refractivity contribution < 1.29 is 4.74 Å². The Morgan fingerprint density at radius 2 is 2.38 bits per heavy atom. The van der Waals surface area contributed by atoms with Crippen molar-refractivity contribution in [3.8, 4) is 5.75 Å². The topological polar surface area (TPSA) is 60.2 Å². The highest BCUT2D eigenvalue weighted by Crippen LogP contribution is 2.19. The standard InChI is InChI=1S/C11H19N3OS/c1-3-4-15-10-5-9(6-13-7-10)11(14-12)8-16-2/h5-7,11,14H,3-4,8,12H2,1-2H3. The molecule has 4 nitrogen and oxygen atoms in total. The molecule has 3 N–H and O–H groups in total. The number of hydrogen-bond acceptors (Lipinski definition) is 5. The number of thioether (sulfide) groups is 1. The highest BCUT2D eigenvalue weighted by atomic mass is 32.2. The van der Waals surface area contributed by atoms with E-state index in [0.29, 0.717) is 6.61 Å². The quantitative estimate of drug-likeness (QED) is 0.562. The third-order valence-electron chi connectivity index (χ3n) is 2.14. The molecule has 1 heterocycles. The molecule has 1 aromatic rings. The fourth-order valence-electron chi connectivity index (χ4n) is 1.33. The van der Waals surface area contributed by atoms with Gasteiger partial charge in [0.15, 0.2) is 0 Å². The second-order valence-corrected chi connectivity index (χ2v) is 4.39. The summed E-state index contributed by atoms with van der Waals surface area (Å²) >= 11 is 1.74. The maximum atomic E-state index is 5.53. The van der Waals surface area contributed by atoms with Crippen molar-refractivity contribution >= 4 is 11.8 Å². The van der Waals surface area contributed by atoms with Gasteiger partial charge in [-0.2, -0.15) is 11.8 Å². The summed E-state index contributed by atoms with van der Waals surface area (Å²) in [7, 11) is 0. The average Bonchev–Trinajstić information content (AvgIpc) is 2.33. The largest absolute Gasteiger partial charge is 0.492 e. The summed E-state index contributed by atoms with van der Waals surface area (Å²) in [6.07, 6.45) is 6.59. The fourth-order valence-corrected chi connectivity index (χ4v) is 1.95. The van der Waals surface area contributed by atoms with Crippen LogP contribution in [0.25, 0.3) is 0 Å². The van der Waals surface area contributed by atoms with Crippen LogP contribution in [-0.4, -0.2) is 23.6 Å². The molecule has 1 unspecified atom stereocenters. The highest BCUT2D eigenvalue weighted by Gasteiger charge is 2.10. The van der Waals surface area contributed by atoms with Crippen LogP contribution < -0.4 is 16.0 Å². The number of pyridine rings is 1. The van der Waals surface area contributed by atoms with Crippen LogP contribution in [-0.2, 0) is 0 Å². The molecule has 1 aromatic heterocycles. The number of nitrogens with two attached hydrogens (primary N) is 1. The molecule has 0 amide bonds. The van der Waals surface area contributed by atoms with Gasteiger partial charge in [0.2, 0.25) is 0 Å². The summed E-state index contributed by atoms with van der Waals surface area (Å²) in [6, 6.07) is 2.11. The molecule has 0 fully saturated rings. The SMILES string of the molecule is CCCOc1cncc(C(CSC)NN)c1. The normalized spacial score (nSPS) is 12.4. The van der Waals surface area contributed by atoms with Gasteiger partial charge < -0.3 is 4.74 Å². The predicted octanol–water partition coefficient (Wildman–Crippen LogP) is 1.74. The molecule has 0 radical (unpaired) electrons. The lowest BCUT2D eigenvalue weighted by atomic mass is 10.1. The van der Waals surface area contributed by atoms with Gasteiger partial charge in [-0.25, -0.2) is 0 Å². The van der Waals surface area contributed by atoms with Gasteiger partial charge in [-0.15, -0.1) is 0 Å². The van der Waals surface area contributed by atoms with Crippen LogP contribution in [0, 0.1) is 0 Å². The van der Waals surface area contributed by atoms with E-state index >= 15 is 0 Å². The maximum Gasteiger partial charge on any atom is 0.137 e. The smallest absolute Gasteiger partial charge is 0.137 e. The van der Waals surface area contributed by atoms with Crippen LogP contribution in [0.5, 0.6) is 5.75 Å². The summed E-state index contributed by atoms with van der Waals surface area (Å²) in [4.78, 5) is 4.16. The van der Waals surface area contributed by atoms with E-state index in [-0.39, 0.29) is 6.04 Å². The van der Waals surface area contributed by atoms with Gasteiger partial charge in [-0.1, -0.05) is 6.92 Å². The van der Waals surface area contributed by atoms with Crippen molar-refractivity contribution in [1.29, 1.82) is 0 Å². The minimum Gasteiger partial charge on any atom is -0.492 e. The van der Waals surface area contributed by atoms with E-state index in [2.05, 4.69) is 23.6 Å². The van der Waals surface area contributed by atoms with Gasteiger partial charge in [0.25, 0.3) is 0 Å². The fraction of sp³-hybridized carbons (Fsp3) is 0.545. The van der Waals surface area contributed by atoms with Crippen LogP contribution in [0.2, 0.25) is 0 Å². The van der Waals surface area contributed by atoms with Gasteiger partial charge >= 0.3 is 0 Å². The molecule has 0 aliphatic rings. The molecular formula is C11H19N3OS. The number of ether oxygens (including phenoxy) is 1. The summed E-state index contributed by atoms with van der Waals surface area (Å²) in [6.45, 7) is 2.80. The highest BCUT2D eigenvalue weighted by molar-refractivity contribution is 7.98. The maximum absolute atomic E-state index is 5.53. The second kappa shape index (κ2) is 7.49. The molecule has 0 aromatic carbocycles. The first-order valence-electron chi connectivity index (χ1n) is 5.34. The van der Waals surface area contributed by atoms with Crippen molar-refractivity contribution in [2.75, 3.05) is 18.6 Å². The van der Waals surface area contributed by atoms with Crippen LogP contribution in [0.15, 0.2) is 18.5 Å². The van der Waals surface area contributed by atoms with Gasteiger partial charge in [0, 0.05) is 11.9 Å². The molecule has 5 heteroatoms. The zero-order chi connectivity index (χ0) is 11.8. The Bertz CT molecular complexity index is 309. The van der Waals surface area contributed by atoms with E-state index in [9.17, 15) is 0 Å². The number of nitrogens with one attached hydrogen (secondary N) is 1. The third kappa shape index (κ3) is 4.00. The van der Waals surface area contributed by atoms with Crippen molar-refractivity contribution in [3.63, 3.8) is 0 Å². The van der Waals surface area contributed by atoms with Crippen LogP contribution in [0.3, 0.4) is 0 Å². The Balaban J connectivity index is 2.71. The molecule has 0 saturated carbocycles. The van der Waals surface area contributed by atoms with Gasteiger partial charge in [-0.05, 0) is 24.3 Å². The molecule has 16 heavy (non-hydrogen) atoms. The lowest BCUT2D eigenvalue weighted by Gasteiger charge is -2.15. The minimum absolute atomic E-state index is 0.118. The zero-order valence-electron chi connectivity index (χ0n) is 9.77. The second-order valence-electron chi connectivity index (χ2n) is 3.48. The van der Waals surface area contributed by atoms with Gasteiger partial charge in [-0.3, -0.25) is 16.3 Å². The number of hydrogen-bond donors (Lipinski definition) is 2. The molecule has 0 saturated heterocycles. The van der Waals surface area contributed by atoms with Crippen molar-refractivity contribution in [3.05, 3.63) is 24.0 Å². The Morgan fingerprint density at radius 3 is 3.00 bits per heavy atom. The molecule has 1 atom stereocenters. The number of hydrazine groups is 1. The van der Waals surface area contributed by atoms with Crippen molar-refractivity contribution in [2.24, 2.45) is 5.84 Å². The third-order valence-corrected chi connectivity index (χ3v) is 2.81. The van der Waals surface area contributed by atoms with Crippen molar-refractivity contribution in [2.45, 2.75) is 19.4 Å². The molecule has 0 spiro atoms. The zero-order valence-corrected chi connectivity index (χ0v) is 10.6. The molecule has 0 aliphatic carbocycles. The number of rotatable bonds is 7. The van der Waals surface area contributed by atoms with Gasteiger partial charge in [0.05, 0.1) is 18.8 Å². The Labute approximate surface area is 101 Å². The summed E-state index contributed by atoms with van der Waals surface area (Å²) in [5, 5.41) is 0. The van der Waals surface area contributed by atoms with Crippen molar-refractivity contribution in [1.82, 2.24) is 10.4 Å². The molecule has 0 bridgehead atoms.